The lowest BCUT2D eigenvalue weighted by Gasteiger charge is -2.39. The third-order valence-corrected chi connectivity index (χ3v) is 5.18. The Balaban J connectivity index is 2.20. The fourth-order valence-corrected chi connectivity index (χ4v) is 4.10. The molecule has 1 fully saturated rings. The van der Waals surface area contributed by atoms with Crippen molar-refractivity contribution in [3.05, 3.63) is 38.5 Å². The number of nitrogens with zero attached hydrogens (tertiary/aromatic N) is 1. The van der Waals surface area contributed by atoms with Gasteiger partial charge < -0.3 is 14.4 Å². The largest absolute Gasteiger partial charge is 0.477 e. The Morgan fingerprint density at radius 2 is 1.96 bits per heavy atom. The molecule has 128 valence electrons. The van der Waals surface area contributed by atoms with E-state index in [0.717, 1.165) is 19.3 Å². The number of hydrogen-bond acceptors (Lipinski definition) is 4. The van der Waals surface area contributed by atoms with Crippen molar-refractivity contribution in [2.24, 2.45) is 0 Å². The Morgan fingerprint density at radius 3 is 2.42 bits per heavy atom. The summed E-state index contributed by atoms with van der Waals surface area (Å²) in [5.41, 5.74) is -0.106. The first-order valence-electron chi connectivity index (χ1n) is 7.27. The lowest BCUT2D eigenvalue weighted by molar-refractivity contribution is 0.0543. The molecule has 0 spiro atoms. The van der Waals surface area contributed by atoms with Crippen molar-refractivity contribution in [3.8, 4) is 11.3 Å². The summed E-state index contributed by atoms with van der Waals surface area (Å²) >= 11 is 18.3. The van der Waals surface area contributed by atoms with Gasteiger partial charge in [-0.25, -0.2) is 4.79 Å². The van der Waals surface area contributed by atoms with Gasteiger partial charge in [-0.3, -0.25) is 0 Å². The van der Waals surface area contributed by atoms with E-state index >= 15 is 0 Å². The third kappa shape index (κ3) is 2.80. The normalized spacial score (nSPS) is 16.0. The van der Waals surface area contributed by atoms with E-state index in [2.05, 4.69) is 5.16 Å². The summed E-state index contributed by atoms with van der Waals surface area (Å²) in [4.78, 5) is 11.9. The molecule has 3 rings (SSSR count). The summed E-state index contributed by atoms with van der Waals surface area (Å²) in [5, 5.41) is 14.5. The molecular weight excluding hydrogens is 377 g/mol. The van der Waals surface area contributed by atoms with Gasteiger partial charge >= 0.3 is 5.97 Å². The number of methoxy groups -OCH3 is 1. The first-order chi connectivity index (χ1) is 11.4. The van der Waals surface area contributed by atoms with E-state index in [-0.39, 0.29) is 21.3 Å². The zero-order valence-corrected chi connectivity index (χ0v) is 15.0. The molecule has 1 N–H and O–H groups in total. The number of aromatic nitrogens is 1. The van der Waals surface area contributed by atoms with Gasteiger partial charge in [-0.15, -0.1) is 0 Å². The Hall–Kier alpha value is -1.27. The molecule has 2 aromatic rings. The van der Waals surface area contributed by atoms with Crippen LogP contribution in [0, 0.1) is 0 Å². The van der Waals surface area contributed by atoms with E-state index in [1.807, 2.05) is 0 Å². The highest BCUT2D eigenvalue weighted by Crippen LogP contribution is 2.48. The highest BCUT2D eigenvalue weighted by atomic mass is 35.5. The molecule has 0 unspecified atom stereocenters. The molecule has 0 aliphatic heterocycles. The second-order valence-electron chi connectivity index (χ2n) is 5.85. The quantitative estimate of drug-likeness (QED) is 0.772. The molecule has 24 heavy (non-hydrogen) atoms. The molecule has 0 radical (unpaired) electrons. The lowest BCUT2D eigenvalue weighted by Crippen LogP contribution is -2.39. The zero-order chi connectivity index (χ0) is 17.5. The molecule has 1 aromatic carbocycles. The maximum atomic E-state index is 11.9. The molecule has 0 bridgehead atoms. The van der Waals surface area contributed by atoms with E-state index in [9.17, 15) is 9.90 Å². The first-order valence-corrected chi connectivity index (χ1v) is 8.40. The molecule has 0 amide bonds. The number of rotatable bonds is 5. The topological polar surface area (TPSA) is 72.6 Å². The molecule has 0 atom stereocenters. The van der Waals surface area contributed by atoms with Crippen LogP contribution in [0.15, 0.2) is 16.7 Å². The minimum Gasteiger partial charge on any atom is -0.477 e. The van der Waals surface area contributed by atoms with E-state index < -0.39 is 11.4 Å². The maximum Gasteiger partial charge on any atom is 0.341 e. The molecule has 8 heteroatoms. The maximum absolute atomic E-state index is 11.9. The Bertz CT molecular complexity index is 776. The van der Waals surface area contributed by atoms with Crippen molar-refractivity contribution in [2.45, 2.75) is 24.7 Å². The number of carbonyl (C=O) groups is 1. The summed E-state index contributed by atoms with van der Waals surface area (Å²) in [6.45, 7) is 0.365. The van der Waals surface area contributed by atoms with Crippen LogP contribution < -0.4 is 0 Å². The Morgan fingerprint density at radius 1 is 1.33 bits per heavy atom. The van der Waals surface area contributed by atoms with Gasteiger partial charge in [0.25, 0.3) is 0 Å². The van der Waals surface area contributed by atoms with Gasteiger partial charge in [0.2, 0.25) is 0 Å². The van der Waals surface area contributed by atoms with Crippen LogP contribution in [0.4, 0.5) is 0 Å². The lowest BCUT2D eigenvalue weighted by atomic mass is 9.66. The number of aromatic carboxylic acids is 1. The highest BCUT2D eigenvalue weighted by Gasteiger charge is 2.46. The van der Waals surface area contributed by atoms with E-state index in [0.29, 0.717) is 23.0 Å². The second-order valence-corrected chi connectivity index (χ2v) is 7.10. The molecular formula is C16H14Cl3NO4. The molecule has 1 aromatic heterocycles. The number of carboxylic acids is 1. The van der Waals surface area contributed by atoms with Crippen LogP contribution >= 0.6 is 34.8 Å². The zero-order valence-electron chi connectivity index (χ0n) is 12.7. The van der Waals surface area contributed by atoms with Gasteiger partial charge in [-0.2, -0.15) is 0 Å². The van der Waals surface area contributed by atoms with Crippen LogP contribution in [0.2, 0.25) is 15.1 Å². The fraction of sp³-hybridized carbons (Fsp3) is 0.375. The number of halogens is 3. The summed E-state index contributed by atoms with van der Waals surface area (Å²) in [6.07, 6.45) is 2.52. The number of hydrogen-bond donors (Lipinski definition) is 1. The second kappa shape index (κ2) is 6.56. The smallest absolute Gasteiger partial charge is 0.341 e. The van der Waals surface area contributed by atoms with E-state index in [1.165, 1.54) is 12.1 Å². The fourth-order valence-electron chi connectivity index (χ4n) is 3.11. The van der Waals surface area contributed by atoms with Crippen molar-refractivity contribution in [1.29, 1.82) is 0 Å². The predicted molar refractivity (Wildman–Crippen MR) is 91.3 cm³/mol. The van der Waals surface area contributed by atoms with Gasteiger partial charge in [-0.1, -0.05) is 46.4 Å². The first kappa shape index (κ1) is 17.5. The van der Waals surface area contributed by atoms with Gasteiger partial charge in [0.05, 0.1) is 22.1 Å². The highest BCUT2D eigenvalue weighted by molar-refractivity contribution is 6.42. The molecule has 0 saturated heterocycles. The van der Waals surface area contributed by atoms with Crippen LogP contribution in [0.1, 0.15) is 35.4 Å². The molecule has 5 nitrogen and oxygen atoms in total. The average Bonchev–Trinajstić information content (AvgIpc) is 2.86. The van der Waals surface area contributed by atoms with Crippen molar-refractivity contribution in [3.63, 3.8) is 0 Å². The van der Waals surface area contributed by atoms with Gasteiger partial charge in [0.15, 0.2) is 5.76 Å². The van der Waals surface area contributed by atoms with Gasteiger partial charge in [0.1, 0.15) is 11.3 Å². The third-order valence-electron chi connectivity index (χ3n) is 4.36. The van der Waals surface area contributed by atoms with Gasteiger partial charge in [0, 0.05) is 17.7 Å². The number of benzene rings is 1. The van der Waals surface area contributed by atoms with E-state index in [1.54, 1.807) is 7.11 Å². The number of ether oxygens (including phenoxy) is 1. The molecule has 1 saturated carbocycles. The van der Waals surface area contributed by atoms with Crippen molar-refractivity contribution in [1.82, 2.24) is 5.16 Å². The van der Waals surface area contributed by atoms with Crippen molar-refractivity contribution >= 4 is 40.8 Å². The van der Waals surface area contributed by atoms with Crippen LogP contribution in [-0.4, -0.2) is 29.9 Å². The molecule has 1 aliphatic rings. The monoisotopic (exact) mass is 389 g/mol. The van der Waals surface area contributed by atoms with Crippen LogP contribution in [0.3, 0.4) is 0 Å². The minimum absolute atomic E-state index is 0.0297. The Labute approximate surface area is 153 Å². The van der Waals surface area contributed by atoms with Crippen LogP contribution in [0.25, 0.3) is 11.3 Å². The summed E-state index contributed by atoms with van der Waals surface area (Å²) in [6, 6.07) is 2.97. The standard InChI is InChI=1S/C16H14Cl3NO4/c1-23-7-16(3-2-4-16)14-12(15(21)22)13(20-24-14)11-9(18)5-8(17)6-10(11)19/h5-6H,2-4,7H2,1H3,(H,21,22). The summed E-state index contributed by atoms with van der Waals surface area (Å²) in [5.74, 6) is -0.842. The van der Waals surface area contributed by atoms with E-state index in [4.69, 9.17) is 44.1 Å². The van der Waals surface area contributed by atoms with Crippen molar-refractivity contribution in [2.75, 3.05) is 13.7 Å². The Kier molecular flexibility index (Phi) is 4.80. The summed E-state index contributed by atoms with van der Waals surface area (Å²) in [7, 11) is 1.57. The average molecular weight is 391 g/mol. The molecule has 1 aliphatic carbocycles. The summed E-state index contributed by atoms with van der Waals surface area (Å²) < 4.78 is 10.7. The van der Waals surface area contributed by atoms with Crippen LogP contribution in [0.5, 0.6) is 0 Å². The minimum atomic E-state index is -1.15. The molecule has 1 heterocycles. The SMILES string of the molecule is COCC1(c2onc(-c3c(Cl)cc(Cl)cc3Cl)c2C(=O)O)CCC1. The van der Waals surface area contributed by atoms with Gasteiger partial charge in [-0.05, 0) is 25.0 Å². The van der Waals surface area contributed by atoms with Crippen molar-refractivity contribution < 1.29 is 19.2 Å². The van der Waals surface area contributed by atoms with Crippen LogP contribution in [-0.2, 0) is 10.2 Å². The number of carboxylic acid groups (broad SMARTS) is 1. The predicted octanol–water partition coefficient (Wildman–Crippen LogP) is 5.07.